The third-order valence-electron chi connectivity index (χ3n) is 5.08. The van der Waals surface area contributed by atoms with Crippen molar-refractivity contribution in [1.29, 1.82) is 0 Å². The molecule has 0 aliphatic carbocycles. The second-order valence-corrected chi connectivity index (χ2v) is 9.49. The van der Waals surface area contributed by atoms with Crippen molar-refractivity contribution in [2.75, 3.05) is 13.1 Å². The number of aliphatic carboxylic acids is 1. The summed E-state index contributed by atoms with van der Waals surface area (Å²) >= 11 is 0. The predicted molar refractivity (Wildman–Crippen MR) is 132 cm³/mol. The van der Waals surface area contributed by atoms with Crippen LogP contribution in [0.1, 0.15) is 43.2 Å². The average Bonchev–Trinajstić information content (AvgIpc) is 2.90. The number of pyridine rings is 1. The summed E-state index contributed by atoms with van der Waals surface area (Å²) in [5.41, 5.74) is 1.16. The molecular weight excluding hydrogens is 500 g/mol. The molecule has 12 heteroatoms. The molecule has 0 spiro atoms. The van der Waals surface area contributed by atoms with Crippen LogP contribution in [0.4, 0.5) is 0 Å². The lowest BCUT2D eigenvalue weighted by Crippen LogP contribution is -2.31. The van der Waals surface area contributed by atoms with Crippen molar-refractivity contribution in [3.8, 4) is 0 Å². The van der Waals surface area contributed by atoms with Gasteiger partial charge in [-0.05, 0) is 54.8 Å². The minimum Gasteiger partial charge on any atom is -0.480 e. The minimum atomic E-state index is -4.25. The van der Waals surface area contributed by atoms with E-state index >= 15 is 0 Å². The minimum absolute atomic E-state index is 0.134. The summed E-state index contributed by atoms with van der Waals surface area (Å²) < 4.78 is 27.1. The molecule has 192 valence electrons. The Morgan fingerprint density at radius 1 is 0.784 bits per heavy atom. The lowest BCUT2D eigenvalue weighted by molar-refractivity contribution is -0.135. The zero-order valence-electron chi connectivity index (χ0n) is 19.5. The first-order chi connectivity index (χ1) is 17.7. The SMILES string of the molecule is O=C(O)CNC(=O)c1ccc(C(=O)NS(=O)(=O)c2ccc(C(=O)NCCCc3ccccc3)cc2)cn1. The highest BCUT2D eigenvalue weighted by Gasteiger charge is 2.20. The lowest BCUT2D eigenvalue weighted by Gasteiger charge is -2.09. The number of nitrogens with one attached hydrogen (secondary N) is 3. The Morgan fingerprint density at radius 3 is 2.08 bits per heavy atom. The van der Waals surface area contributed by atoms with E-state index in [0.717, 1.165) is 25.1 Å². The summed E-state index contributed by atoms with van der Waals surface area (Å²) in [7, 11) is -4.25. The second kappa shape index (κ2) is 12.4. The van der Waals surface area contributed by atoms with Gasteiger partial charge in [0, 0.05) is 18.3 Å². The molecule has 4 N–H and O–H groups in total. The number of aryl methyl sites for hydroxylation is 1. The molecule has 0 atom stereocenters. The van der Waals surface area contributed by atoms with E-state index in [-0.39, 0.29) is 27.6 Å². The number of aromatic nitrogens is 1. The van der Waals surface area contributed by atoms with Crippen molar-refractivity contribution in [1.82, 2.24) is 20.3 Å². The first-order valence-electron chi connectivity index (χ1n) is 11.1. The molecule has 2 aromatic carbocycles. The summed E-state index contributed by atoms with van der Waals surface area (Å²) in [6, 6.07) is 17.3. The Hall–Kier alpha value is -4.58. The fourth-order valence-electron chi connectivity index (χ4n) is 3.18. The van der Waals surface area contributed by atoms with Gasteiger partial charge >= 0.3 is 5.97 Å². The van der Waals surface area contributed by atoms with E-state index in [1.165, 1.54) is 35.9 Å². The Bertz CT molecular complexity index is 1370. The van der Waals surface area contributed by atoms with Crippen LogP contribution in [0.2, 0.25) is 0 Å². The van der Waals surface area contributed by atoms with E-state index in [1.54, 1.807) is 0 Å². The Balaban J connectivity index is 1.53. The number of carboxylic acid groups (broad SMARTS) is 1. The van der Waals surface area contributed by atoms with E-state index < -0.39 is 34.4 Å². The molecule has 0 aliphatic heterocycles. The highest BCUT2D eigenvalue weighted by Crippen LogP contribution is 2.12. The fourth-order valence-corrected chi connectivity index (χ4v) is 4.15. The molecule has 3 aromatic rings. The molecule has 37 heavy (non-hydrogen) atoms. The number of rotatable bonds is 11. The van der Waals surface area contributed by atoms with Gasteiger partial charge in [-0.2, -0.15) is 0 Å². The van der Waals surface area contributed by atoms with Gasteiger partial charge < -0.3 is 15.7 Å². The first-order valence-corrected chi connectivity index (χ1v) is 12.6. The van der Waals surface area contributed by atoms with Crippen molar-refractivity contribution in [3.63, 3.8) is 0 Å². The number of benzene rings is 2. The maximum absolute atomic E-state index is 12.6. The average molecular weight is 525 g/mol. The second-order valence-electron chi connectivity index (χ2n) is 7.81. The van der Waals surface area contributed by atoms with Gasteiger partial charge in [-0.15, -0.1) is 0 Å². The molecule has 0 saturated carbocycles. The molecule has 0 saturated heterocycles. The number of carboxylic acids is 1. The van der Waals surface area contributed by atoms with Crippen LogP contribution in [0.15, 0.2) is 77.8 Å². The van der Waals surface area contributed by atoms with E-state index in [0.29, 0.717) is 6.54 Å². The fraction of sp³-hybridized carbons (Fsp3) is 0.160. The van der Waals surface area contributed by atoms with Crippen LogP contribution < -0.4 is 15.4 Å². The predicted octanol–water partition coefficient (Wildman–Crippen LogP) is 1.38. The van der Waals surface area contributed by atoms with Crippen molar-refractivity contribution in [2.45, 2.75) is 17.7 Å². The normalized spacial score (nSPS) is 10.8. The molecular formula is C25H24N4O7S. The van der Waals surface area contributed by atoms with E-state index in [1.807, 2.05) is 35.1 Å². The first kappa shape index (κ1) is 27.0. The number of carbonyl (C=O) groups excluding carboxylic acids is 3. The summed E-state index contributed by atoms with van der Waals surface area (Å²) in [6.45, 7) is -0.145. The highest BCUT2D eigenvalue weighted by atomic mass is 32.2. The van der Waals surface area contributed by atoms with Gasteiger partial charge in [0.1, 0.15) is 12.2 Å². The van der Waals surface area contributed by atoms with Crippen LogP contribution in [0.25, 0.3) is 0 Å². The molecule has 1 heterocycles. The van der Waals surface area contributed by atoms with Gasteiger partial charge in [0.2, 0.25) is 0 Å². The standard InChI is InChI=1S/C25H24N4O7S/c30-22(31)16-28-25(34)21-13-10-19(15-27-21)24(33)29-37(35,36)20-11-8-18(9-12-20)23(32)26-14-4-7-17-5-2-1-3-6-17/h1-3,5-6,8-13,15H,4,7,14,16H2,(H,26,32)(H,28,34)(H,29,33)(H,30,31). The highest BCUT2D eigenvalue weighted by molar-refractivity contribution is 7.90. The monoisotopic (exact) mass is 524 g/mol. The van der Waals surface area contributed by atoms with Crippen molar-refractivity contribution >= 4 is 33.7 Å². The molecule has 0 unspecified atom stereocenters. The van der Waals surface area contributed by atoms with Gasteiger partial charge in [0.25, 0.3) is 27.7 Å². The zero-order chi connectivity index (χ0) is 26.8. The molecule has 0 radical (unpaired) electrons. The topological polar surface area (TPSA) is 172 Å². The smallest absolute Gasteiger partial charge is 0.322 e. The maximum Gasteiger partial charge on any atom is 0.322 e. The largest absolute Gasteiger partial charge is 0.480 e. The van der Waals surface area contributed by atoms with Crippen LogP contribution in [-0.4, -0.2) is 55.3 Å². The molecule has 0 bridgehead atoms. The molecule has 0 fully saturated rings. The number of hydrogen-bond donors (Lipinski definition) is 4. The third-order valence-corrected chi connectivity index (χ3v) is 6.43. The molecule has 0 aliphatic rings. The van der Waals surface area contributed by atoms with Crippen LogP contribution in [0.5, 0.6) is 0 Å². The van der Waals surface area contributed by atoms with Crippen LogP contribution >= 0.6 is 0 Å². The zero-order valence-corrected chi connectivity index (χ0v) is 20.3. The third kappa shape index (κ3) is 7.97. The van der Waals surface area contributed by atoms with E-state index in [4.69, 9.17) is 5.11 Å². The maximum atomic E-state index is 12.6. The molecule has 1 aromatic heterocycles. The molecule has 11 nitrogen and oxygen atoms in total. The number of hydrogen-bond acceptors (Lipinski definition) is 7. The van der Waals surface area contributed by atoms with Crippen molar-refractivity contribution < 1.29 is 32.7 Å². The van der Waals surface area contributed by atoms with Gasteiger partial charge in [0.15, 0.2) is 0 Å². The Morgan fingerprint density at radius 2 is 1.46 bits per heavy atom. The quantitative estimate of drug-likeness (QED) is 0.272. The van der Waals surface area contributed by atoms with E-state index in [9.17, 15) is 27.6 Å². The number of sulfonamides is 1. The van der Waals surface area contributed by atoms with Crippen LogP contribution in [0.3, 0.4) is 0 Å². The van der Waals surface area contributed by atoms with Gasteiger partial charge in [0.05, 0.1) is 10.5 Å². The molecule has 3 amide bonds. The summed E-state index contributed by atoms with van der Waals surface area (Å²) in [6.07, 6.45) is 2.55. The lowest BCUT2D eigenvalue weighted by atomic mass is 10.1. The summed E-state index contributed by atoms with van der Waals surface area (Å²) in [4.78, 5) is 50.6. The van der Waals surface area contributed by atoms with Crippen LogP contribution in [-0.2, 0) is 21.2 Å². The van der Waals surface area contributed by atoms with Crippen molar-refractivity contribution in [3.05, 3.63) is 95.3 Å². The molecule has 3 rings (SSSR count). The summed E-state index contributed by atoms with van der Waals surface area (Å²) in [5, 5.41) is 13.5. The van der Waals surface area contributed by atoms with Gasteiger partial charge in [-0.1, -0.05) is 30.3 Å². The Kier molecular flexibility index (Phi) is 9.05. The van der Waals surface area contributed by atoms with Gasteiger partial charge in [-0.3, -0.25) is 24.2 Å². The van der Waals surface area contributed by atoms with Crippen LogP contribution in [0, 0.1) is 0 Å². The summed E-state index contributed by atoms with van der Waals surface area (Å²) in [5.74, 6) is -3.32. The number of amides is 3. The number of carbonyl (C=O) groups is 4. The van der Waals surface area contributed by atoms with Crippen molar-refractivity contribution in [2.24, 2.45) is 0 Å². The van der Waals surface area contributed by atoms with E-state index in [2.05, 4.69) is 15.6 Å². The van der Waals surface area contributed by atoms with Gasteiger partial charge in [-0.25, -0.2) is 13.1 Å². The Labute approximate surface area is 213 Å². The number of nitrogens with zero attached hydrogens (tertiary/aromatic N) is 1.